The van der Waals surface area contributed by atoms with Crippen LogP contribution in [0.15, 0.2) is 73.3 Å². The summed E-state index contributed by atoms with van der Waals surface area (Å²) in [5.74, 6) is 0.0224. The van der Waals surface area contributed by atoms with Gasteiger partial charge in [-0.15, -0.1) is 10.2 Å². The molecular weight excluding hydrogens is 644 g/mol. The first-order valence-electron chi connectivity index (χ1n) is 14.1. The SMILES string of the molecule is CC(=O)[O-].CC(=O)[O-].CCCc1nccn1Cn1nnc2ccccc21.CCCc1nccn1Cn1nnc2ccccc21.O.[Cu+2]. The summed E-state index contributed by atoms with van der Waals surface area (Å²) >= 11 is 0. The normalized spacial score (nSPS) is 9.83. The second kappa shape index (κ2) is 20.2. The zero-order chi connectivity index (χ0) is 31.9. The summed E-state index contributed by atoms with van der Waals surface area (Å²) in [6, 6.07) is 16.0. The number of aliphatic carboxylic acids is 2. The second-order valence-electron chi connectivity index (χ2n) is 9.55. The van der Waals surface area contributed by atoms with E-state index in [0.29, 0.717) is 13.3 Å². The third kappa shape index (κ3) is 11.9. The number of aryl methyl sites for hydroxylation is 2. The molecule has 6 rings (SSSR count). The molecule has 15 nitrogen and oxygen atoms in total. The molecule has 0 bridgehead atoms. The first-order chi connectivity index (χ1) is 21.2. The van der Waals surface area contributed by atoms with Crippen molar-refractivity contribution in [3.8, 4) is 0 Å². The summed E-state index contributed by atoms with van der Waals surface area (Å²) in [4.78, 5) is 26.5. The van der Waals surface area contributed by atoms with Gasteiger partial charge in [-0.2, -0.15) is 0 Å². The summed E-state index contributed by atoms with van der Waals surface area (Å²) in [5, 5.41) is 34.5. The Morgan fingerprint density at radius 2 is 1.02 bits per heavy atom. The van der Waals surface area contributed by atoms with E-state index in [9.17, 15) is 0 Å². The molecule has 1 radical (unpaired) electrons. The number of nitrogens with zero attached hydrogens (tertiary/aromatic N) is 10. The molecule has 4 heterocycles. The molecule has 0 aliphatic carbocycles. The van der Waals surface area contributed by atoms with Crippen LogP contribution in [-0.4, -0.2) is 66.5 Å². The standard InChI is InChI=1S/2C13H15N5.2C2H4O2.Cu.H2O/c2*1-2-5-13-14-8-9-17(13)10-18-12-7-4-3-6-11(12)15-16-18;2*1-2(3)4;;/h2*3-4,6-9H,2,5,10H2,1H3;2*1H3,(H,3,4);;1H2/q;;;;+2;/p-2. The minimum atomic E-state index is -1.08. The Morgan fingerprint density at radius 3 is 1.37 bits per heavy atom. The quantitative estimate of drug-likeness (QED) is 0.207. The average molecular weight is 682 g/mol. The molecule has 0 amide bonds. The third-order valence-corrected chi connectivity index (χ3v) is 5.96. The van der Waals surface area contributed by atoms with Gasteiger partial charge in [-0.25, -0.2) is 19.3 Å². The molecule has 249 valence electrons. The van der Waals surface area contributed by atoms with E-state index >= 15 is 0 Å². The third-order valence-electron chi connectivity index (χ3n) is 5.96. The summed E-state index contributed by atoms with van der Waals surface area (Å²) in [6.45, 7) is 7.58. The molecule has 0 spiro atoms. The van der Waals surface area contributed by atoms with Crippen molar-refractivity contribution < 1.29 is 42.3 Å². The van der Waals surface area contributed by atoms with Crippen molar-refractivity contribution in [1.82, 2.24) is 49.1 Å². The maximum atomic E-state index is 8.89. The molecule has 16 heteroatoms. The number of carbonyl (C=O) groups excluding carboxylic acids is 2. The number of carboxylic acids is 2. The van der Waals surface area contributed by atoms with E-state index in [4.69, 9.17) is 19.8 Å². The molecule has 6 aromatic rings. The van der Waals surface area contributed by atoms with Gasteiger partial charge in [0.05, 0.1) is 11.0 Å². The largest absolute Gasteiger partial charge is 2.00 e. The number of rotatable bonds is 8. The Kier molecular flexibility index (Phi) is 17.2. The van der Waals surface area contributed by atoms with Gasteiger partial charge in [-0.05, 0) is 51.0 Å². The van der Waals surface area contributed by atoms with Crippen molar-refractivity contribution in [2.75, 3.05) is 0 Å². The van der Waals surface area contributed by atoms with Crippen LogP contribution < -0.4 is 10.2 Å². The van der Waals surface area contributed by atoms with Crippen molar-refractivity contribution >= 4 is 34.0 Å². The first-order valence-corrected chi connectivity index (χ1v) is 14.1. The van der Waals surface area contributed by atoms with Crippen molar-refractivity contribution in [2.24, 2.45) is 0 Å². The molecule has 0 fully saturated rings. The number of carbonyl (C=O) groups is 2. The van der Waals surface area contributed by atoms with Crippen molar-refractivity contribution in [3.63, 3.8) is 0 Å². The predicted molar refractivity (Wildman–Crippen MR) is 163 cm³/mol. The van der Waals surface area contributed by atoms with Crippen LogP contribution in [-0.2, 0) is 52.8 Å². The van der Waals surface area contributed by atoms with Crippen LogP contribution in [0.2, 0.25) is 0 Å². The number of para-hydroxylation sites is 2. The fraction of sp³-hybridized carbons (Fsp3) is 0.333. The number of benzene rings is 2. The number of imidazole rings is 2. The summed E-state index contributed by atoms with van der Waals surface area (Å²) < 4.78 is 8.03. The molecular formula is C30H38CuN10O5. The van der Waals surface area contributed by atoms with Crippen LogP contribution in [0.4, 0.5) is 0 Å². The van der Waals surface area contributed by atoms with Gasteiger partial charge in [0.2, 0.25) is 0 Å². The predicted octanol–water partition coefficient (Wildman–Crippen LogP) is 0.857. The van der Waals surface area contributed by atoms with Gasteiger partial charge in [-0.1, -0.05) is 48.5 Å². The van der Waals surface area contributed by atoms with Crippen molar-refractivity contribution in [3.05, 3.63) is 85.0 Å². The van der Waals surface area contributed by atoms with Crippen LogP contribution in [0.1, 0.15) is 52.2 Å². The number of hydrogen-bond acceptors (Lipinski definition) is 10. The second-order valence-corrected chi connectivity index (χ2v) is 9.55. The van der Waals surface area contributed by atoms with Gasteiger partial charge < -0.3 is 34.4 Å². The molecule has 0 saturated carbocycles. The Morgan fingerprint density at radius 1 is 0.674 bits per heavy atom. The fourth-order valence-corrected chi connectivity index (χ4v) is 4.17. The molecule has 0 unspecified atom stereocenters. The van der Waals surface area contributed by atoms with Crippen molar-refractivity contribution in [1.29, 1.82) is 0 Å². The molecule has 2 aromatic carbocycles. The van der Waals surface area contributed by atoms with E-state index < -0.39 is 11.9 Å². The van der Waals surface area contributed by atoms with E-state index in [1.165, 1.54) is 0 Å². The zero-order valence-electron chi connectivity index (χ0n) is 26.1. The van der Waals surface area contributed by atoms with Gasteiger partial charge in [0.25, 0.3) is 0 Å². The smallest absolute Gasteiger partial charge is 0.550 e. The minimum Gasteiger partial charge on any atom is -0.550 e. The van der Waals surface area contributed by atoms with Crippen LogP contribution in [0, 0.1) is 0 Å². The van der Waals surface area contributed by atoms with Gasteiger partial charge in [0, 0.05) is 49.6 Å². The molecule has 46 heavy (non-hydrogen) atoms. The molecule has 2 N–H and O–H groups in total. The first kappa shape index (κ1) is 39.1. The molecule has 0 saturated heterocycles. The summed E-state index contributed by atoms with van der Waals surface area (Å²) in [6.07, 6.45) is 11.8. The van der Waals surface area contributed by atoms with Crippen molar-refractivity contribution in [2.45, 2.75) is 66.7 Å². The number of carboxylic acid groups (broad SMARTS) is 2. The van der Waals surface area contributed by atoms with Gasteiger partial charge in [-0.3, -0.25) is 0 Å². The molecule has 0 atom stereocenters. The molecule has 4 aromatic heterocycles. The van der Waals surface area contributed by atoms with Crippen LogP contribution in [0.5, 0.6) is 0 Å². The summed E-state index contributed by atoms with van der Waals surface area (Å²) in [5.41, 5.74) is 3.95. The van der Waals surface area contributed by atoms with E-state index in [-0.39, 0.29) is 22.5 Å². The number of hydrogen-bond donors (Lipinski definition) is 0. The monoisotopic (exact) mass is 681 g/mol. The number of aromatic nitrogens is 10. The van der Waals surface area contributed by atoms with E-state index in [1.54, 1.807) is 0 Å². The maximum Gasteiger partial charge on any atom is 2.00 e. The Labute approximate surface area is 276 Å². The average Bonchev–Trinajstić information content (AvgIpc) is 3.79. The topological polar surface area (TPSA) is 209 Å². The molecule has 0 aliphatic heterocycles. The van der Waals surface area contributed by atoms with Crippen LogP contribution >= 0.6 is 0 Å². The Hall–Kier alpha value is -4.92. The zero-order valence-corrected chi connectivity index (χ0v) is 27.0. The van der Waals surface area contributed by atoms with Crippen LogP contribution in [0.3, 0.4) is 0 Å². The van der Waals surface area contributed by atoms with E-state index in [1.807, 2.05) is 82.7 Å². The summed E-state index contributed by atoms with van der Waals surface area (Å²) in [7, 11) is 0. The van der Waals surface area contributed by atoms with Gasteiger partial charge >= 0.3 is 17.1 Å². The number of fused-ring (bicyclic) bond motifs is 2. The Balaban J connectivity index is 0.000000361. The van der Waals surface area contributed by atoms with E-state index in [0.717, 1.165) is 73.2 Å². The van der Waals surface area contributed by atoms with Gasteiger partial charge in [0.15, 0.2) is 0 Å². The van der Waals surface area contributed by atoms with Gasteiger partial charge in [0.1, 0.15) is 36.0 Å². The minimum absolute atomic E-state index is 0. The maximum absolute atomic E-state index is 8.89. The van der Waals surface area contributed by atoms with E-state index in [2.05, 4.69) is 53.6 Å². The fourth-order valence-electron chi connectivity index (χ4n) is 4.17. The Bertz CT molecular complexity index is 1620. The van der Waals surface area contributed by atoms with Crippen LogP contribution in [0.25, 0.3) is 22.1 Å². The molecule has 0 aliphatic rings.